The van der Waals surface area contributed by atoms with Gasteiger partial charge in [0.15, 0.2) is 0 Å². The minimum absolute atomic E-state index is 0.117. The smallest absolute Gasteiger partial charge is 0.123 e. The van der Waals surface area contributed by atoms with E-state index >= 15 is 0 Å². The molecule has 0 aliphatic carbocycles. The Balaban J connectivity index is 1.96. The van der Waals surface area contributed by atoms with E-state index in [1.165, 1.54) is 6.07 Å². The van der Waals surface area contributed by atoms with Crippen LogP contribution in [0.15, 0.2) is 48.8 Å². The third kappa shape index (κ3) is 3.36. The fourth-order valence-corrected chi connectivity index (χ4v) is 1.67. The van der Waals surface area contributed by atoms with Crippen LogP contribution in [-0.2, 0) is 6.54 Å². The van der Waals surface area contributed by atoms with Gasteiger partial charge in [-0.15, -0.1) is 0 Å². The number of pyridine rings is 1. The monoisotopic (exact) mass is 230 g/mol. The first-order valence-corrected chi connectivity index (χ1v) is 5.63. The van der Waals surface area contributed by atoms with E-state index in [0.717, 1.165) is 17.7 Å². The van der Waals surface area contributed by atoms with Crippen LogP contribution < -0.4 is 5.32 Å². The van der Waals surface area contributed by atoms with E-state index in [1.54, 1.807) is 18.3 Å². The number of aromatic nitrogens is 1. The van der Waals surface area contributed by atoms with Crippen molar-refractivity contribution in [3.05, 3.63) is 65.7 Å². The highest BCUT2D eigenvalue weighted by Crippen LogP contribution is 2.13. The second-order valence-corrected chi connectivity index (χ2v) is 4.02. The Morgan fingerprint density at radius 2 is 2.18 bits per heavy atom. The van der Waals surface area contributed by atoms with Crippen molar-refractivity contribution in [2.24, 2.45) is 0 Å². The molecular weight excluding hydrogens is 215 g/mol. The number of hydrogen-bond donors (Lipinski definition) is 1. The maximum absolute atomic E-state index is 13.1. The van der Waals surface area contributed by atoms with Crippen molar-refractivity contribution in [1.29, 1.82) is 0 Å². The summed E-state index contributed by atoms with van der Waals surface area (Å²) >= 11 is 0. The Kier molecular flexibility index (Phi) is 3.83. The van der Waals surface area contributed by atoms with Gasteiger partial charge in [-0.2, -0.15) is 0 Å². The summed E-state index contributed by atoms with van der Waals surface area (Å²) in [5.74, 6) is -0.197. The molecule has 0 saturated carbocycles. The number of rotatable bonds is 4. The molecule has 0 aliphatic rings. The van der Waals surface area contributed by atoms with Gasteiger partial charge >= 0.3 is 0 Å². The molecule has 1 aromatic heterocycles. The van der Waals surface area contributed by atoms with Crippen molar-refractivity contribution in [3.63, 3.8) is 0 Å². The molecule has 0 amide bonds. The van der Waals surface area contributed by atoms with Crippen LogP contribution in [0.1, 0.15) is 24.1 Å². The number of nitrogens with zero attached hydrogens (tertiary/aromatic N) is 1. The predicted octanol–water partition coefficient (Wildman–Crippen LogP) is 3.07. The van der Waals surface area contributed by atoms with Crippen LogP contribution >= 0.6 is 0 Å². The predicted molar refractivity (Wildman–Crippen MR) is 65.9 cm³/mol. The molecule has 0 saturated heterocycles. The number of hydrogen-bond acceptors (Lipinski definition) is 2. The van der Waals surface area contributed by atoms with Crippen LogP contribution in [0.5, 0.6) is 0 Å². The zero-order chi connectivity index (χ0) is 12.1. The summed E-state index contributed by atoms with van der Waals surface area (Å²) < 4.78 is 13.1. The lowest BCUT2D eigenvalue weighted by Crippen LogP contribution is -2.18. The van der Waals surface area contributed by atoms with E-state index in [9.17, 15) is 4.39 Å². The lowest BCUT2D eigenvalue weighted by Gasteiger charge is -2.14. The molecule has 2 rings (SSSR count). The summed E-state index contributed by atoms with van der Waals surface area (Å²) in [7, 11) is 0. The normalized spacial score (nSPS) is 12.4. The number of halogens is 1. The summed E-state index contributed by atoms with van der Waals surface area (Å²) in [5, 5.41) is 3.34. The molecule has 2 nitrogen and oxygen atoms in total. The van der Waals surface area contributed by atoms with Gasteiger partial charge in [-0.1, -0.05) is 18.2 Å². The summed E-state index contributed by atoms with van der Waals surface area (Å²) in [6.45, 7) is 2.75. The first-order valence-electron chi connectivity index (χ1n) is 5.63. The summed E-state index contributed by atoms with van der Waals surface area (Å²) in [5.41, 5.74) is 2.07. The molecule has 1 atom stereocenters. The minimum Gasteiger partial charge on any atom is -0.306 e. The van der Waals surface area contributed by atoms with Crippen molar-refractivity contribution < 1.29 is 4.39 Å². The van der Waals surface area contributed by atoms with Gasteiger partial charge in [-0.05, 0) is 36.2 Å². The molecule has 1 unspecified atom stereocenters. The summed E-state index contributed by atoms with van der Waals surface area (Å²) in [4.78, 5) is 4.05. The van der Waals surface area contributed by atoms with E-state index in [2.05, 4.69) is 10.3 Å². The van der Waals surface area contributed by atoms with Gasteiger partial charge < -0.3 is 5.32 Å². The van der Waals surface area contributed by atoms with Crippen molar-refractivity contribution in [1.82, 2.24) is 10.3 Å². The van der Waals surface area contributed by atoms with Crippen molar-refractivity contribution in [3.8, 4) is 0 Å². The first kappa shape index (κ1) is 11.7. The van der Waals surface area contributed by atoms with Gasteiger partial charge in [0.05, 0.1) is 0 Å². The fourth-order valence-electron chi connectivity index (χ4n) is 1.67. The molecule has 0 aliphatic heterocycles. The molecule has 17 heavy (non-hydrogen) atoms. The van der Waals surface area contributed by atoms with Crippen LogP contribution in [-0.4, -0.2) is 4.98 Å². The van der Waals surface area contributed by atoms with Crippen LogP contribution in [0.3, 0.4) is 0 Å². The highest BCUT2D eigenvalue weighted by molar-refractivity contribution is 5.20. The van der Waals surface area contributed by atoms with E-state index in [1.807, 2.05) is 31.3 Å². The Morgan fingerprint density at radius 3 is 2.88 bits per heavy atom. The molecule has 0 bridgehead atoms. The second kappa shape index (κ2) is 5.55. The Morgan fingerprint density at radius 1 is 1.29 bits per heavy atom. The maximum Gasteiger partial charge on any atom is 0.123 e. The highest BCUT2D eigenvalue weighted by atomic mass is 19.1. The molecule has 0 fully saturated rings. The quantitative estimate of drug-likeness (QED) is 0.873. The molecule has 0 radical (unpaired) electrons. The van der Waals surface area contributed by atoms with E-state index in [4.69, 9.17) is 0 Å². The largest absolute Gasteiger partial charge is 0.306 e. The van der Waals surface area contributed by atoms with Gasteiger partial charge in [0.25, 0.3) is 0 Å². The van der Waals surface area contributed by atoms with Gasteiger partial charge in [0.1, 0.15) is 5.82 Å². The SMILES string of the molecule is CC(NCc1cccnc1)c1cccc(F)c1. The third-order valence-electron chi connectivity index (χ3n) is 2.68. The van der Waals surface area contributed by atoms with Gasteiger partial charge in [-0.3, -0.25) is 4.98 Å². The molecular formula is C14H15FN2. The first-order chi connectivity index (χ1) is 8.25. The second-order valence-electron chi connectivity index (χ2n) is 4.02. The zero-order valence-electron chi connectivity index (χ0n) is 9.73. The van der Waals surface area contributed by atoms with Crippen molar-refractivity contribution >= 4 is 0 Å². The molecule has 3 heteroatoms. The van der Waals surface area contributed by atoms with Crippen LogP contribution in [0.4, 0.5) is 4.39 Å². The lowest BCUT2D eigenvalue weighted by atomic mass is 10.1. The highest BCUT2D eigenvalue weighted by Gasteiger charge is 2.05. The van der Waals surface area contributed by atoms with E-state index in [0.29, 0.717) is 0 Å². The summed E-state index contributed by atoms with van der Waals surface area (Å²) in [6.07, 6.45) is 3.57. The molecule has 2 aromatic rings. The molecule has 1 heterocycles. The number of nitrogens with one attached hydrogen (secondary N) is 1. The Bertz CT molecular complexity index is 471. The number of benzene rings is 1. The van der Waals surface area contributed by atoms with Crippen LogP contribution in [0, 0.1) is 5.82 Å². The van der Waals surface area contributed by atoms with E-state index < -0.39 is 0 Å². The zero-order valence-corrected chi connectivity index (χ0v) is 9.73. The summed E-state index contributed by atoms with van der Waals surface area (Å²) in [6, 6.07) is 10.7. The average Bonchev–Trinajstić information content (AvgIpc) is 2.37. The van der Waals surface area contributed by atoms with Crippen LogP contribution in [0.2, 0.25) is 0 Å². The molecule has 1 N–H and O–H groups in total. The molecule has 88 valence electrons. The van der Waals surface area contributed by atoms with Crippen molar-refractivity contribution in [2.45, 2.75) is 19.5 Å². The van der Waals surface area contributed by atoms with Crippen molar-refractivity contribution in [2.75, 3.05) is 0 Å². The van der Waals surface area contributed by atoms with Gasteiger partial charge in [0, 0.05) is 25.0 Å². The lowest BCUT2D eigenvalue weighted by molar-refractivity contribution is 0.564. The fraction of sp³-hybridized carbons (Fsp3) is 0.214. The minimum atomic E-state index is -0.197. The maximum atomic E-state index is 13.1. The Labute approximate surface area is 101 Å². The van der Waals surface area contributed by atoms with E-state index in [-0.39, 0.29) is 11.9 Å². The molecule has 0 spiro atoms. The van der Waals surface area contributed by atoms with Gasteiger partial charge in [-0.25, -0.2) is 4.39 Å². The Hall–Kier alpha value is -1.74. The average molecular weight is 230 g/mol. The topological polar surface area (TPSA) is 24.9 Å². The van der Waals surface area contributed by atoms with Crippen LogP contribution in [0.25, 0.3) is 0 Å². The standard InChI is InChI=1S/C14H15FN2/c1-11(13-5-2-6-14(15)8-13)17-10-12-4-3-7-16-9-12/h2-9,11,17H,10H2,1H3. The third-order valence-corrected chi connectivity index (χ3v) is 2.68. The van der Waals surface area contributed by atoms with Gasteiger partial charge in [0.2, 0.25) is 0 Å². The molecule has 1 aromatic carbocycles.